The van der Waals surface area contributed by atoms with Crippen LogP contribution in [-0.4, -0.2) is 32.7 Å². The van der Waals surface area contributed by atoms with Crippen LogP contribution >= 0.6 is 12.4 Å². The molecule has 0 aliphatic rings. The number of carbonyl (C=O) groups excluding carboxylic acids is 1. The minimum absolute atomic E-state index is 0. The highest BCUT2D eigenvalue weighted by Crippen LogP contribution is 2.21. The second kappa shape index (κ2) is 9.44. The second-order valence-corrected chi connectivity index (χ2v) is 3.73. The molecule has 0 saturated carbocycles. The van der Waals surface area contributed by atoms with Gasteiger partial charge in [0.1, 0.15) is 11.6 Å². The van der Waals surface area contributed by atoms with Gasteiger partial charge in [-0.3, -0.25) is 4.79 Å². The maximum atomic E-state index is 12.9. The Morgan fingerprint density at radius 3 is 2.65 bits per heavy atom. The van der Waals surface area contributed by atoms with E-state index in [2.05, 4.69) is 15.4 Å². The zero-order chi connectivity index (χ0) is 14.3. The number of amides is 1. The van der Waals surface area contributed by atoms with E-state index < -0.39 is 24.1 Å². The second-order valence-electron chi connectivity index (χ2n) is 3.73. The fourth-order valence-corrected chi connectivity index (χ4v) is 1.44. The number of carbonyl (C=O) groups is 1. The standard InChI is InChI=1S/C12H15F3N2O2.ClH/c1-16-5-2-6-17-11(18)9-4-3-8(13)7-10(9)19-12(14)15;/h3-4,7,12,16H,2,5-6H2,1H3,(H,17,18);1H. The van der Waals surface area contributed by atoms with Gasteiger partial charge in [-0.1, -0.05) is 0 Å². The zero-order valence-corrected chi connectivity index (χ0v) is 11.6. The normalized spacial score (nSPS) is 10.1. The molecule has 20 heavy (non-hydrogen) atoms. The molecule has 1 aromatic carbocycles. The molecule has 0 saturated heterocycles. The van der Waals surface area contributed by atoms with E-state index in [9.17, 15) is 18.0 Å². The van der Waals surface area contributed by atoms with Crippen LogP contribution in [0.5, 0.6) is 5.75 Å². The summed E-state index contributed by atoms with van der Waals surface area (Å²) in [4.78, 5) is 11.7. The molecule has 0 radical (unpaired) electrons. The molecule has 8 heteroatoms. The molecule has 114 valence electrons. The van der Waals surface area contributed by atoms with Crippen molar-refractivity contribution >= 4 is 18.3 Å². The third kappa shape index (κ3) is 6.12. The third-order valence-corrected chi connectivity index (χ3v) is 2.29. The average Bonchev–Trinajstić information content (AvgIpc) is 2.34. The minimum atomic E-state index is -3.11. The molecule has 2 N–H and O–H groups in total. The zero-order valence-electron chi connectivity index (χ0n) is 10.8. The van der Waals surface area contributed by atoms with Crippen molar-refractivity contribution in [2.45, 2.75) is 13.0 Å². The van der Waals surface area contributed by atoms with Crippen LogP contribution < -0.4 is 15.4 Å². The summed E-state index contributed by atoms with van der Waals surface area (Å²) in [6.45, 7) is -2.02. The number of alkyl halides is 2. The summed E-state index contributed by atoms with van der Waals surface area (Å²) in [6.07, 6.45) is 0.689. The predicted octanol–water partition coefficient (Wildman–Crippen LogP) is 2.19. The molecule has 1 amide bonds. The number of rotatable bonds is 7. The molecular weight excluding hydrogens is 297 g/mol. The van der Waals surface area contributed by atoms with E-state index in [1.54, 1.807) is 7.05 Å². The van der Waals surface area contributed by atoms with Crippen LogP contribution in [0.1, 0.15) is 16.8 Å². The number of nitrogens with one attached hydrogen (secondary N) is 2. The SMILES string of the molecule is CNCCCNC(=O)c1ccc(F)cc1OC(F)F.Cl. The van der Waals surface area contributed by atoms with Gasteiger partial charge < -0.3 is 15.4 Å². The van der Waals surface area contributed by atoms with E-state index in [1.807, 2.05) is 0 Å². The molecule has 4 nitrogen and oxygen atoms in total. The third-order valence-electron chi connectivity index (χ3n) is 2.29. The summed E-state index contributed by atoms with van der Waals surface area (Å²) in [5.74, 6) is -1.80. The van der Waals surface area contributed by atoms with Gasteiger partial charge in [-0.25, -0.2) is 4.39 Å². The smallest absolute Gasteiger partial charge is 0.387 e. The molecule has 0 spiro atoms. The Hall–Kier alpha value is -1.47. The van der Waals surface area contributed by atoms with Gasteiger partial charge in [-0.2, -0.15) is 8.78 Å². The Kier molecular flexibility index (Phi) is 8.74. The molecule has 1 rings (SSSR count). The molecular formula is C12H16ClF3N2O2. The summed E-state index contributed by atoms with van der Waals surface area (Å²) in [5.41, 5.74) is -0.119. The lowest BCUT2D eigenvalue weighted by Crippen LogP contribution is -2.27. The van der Waals surface area contributed by atoms with Crippen molar-refractivity contribution in [2.24, 2.45) is 0 Å². The summed E-state index contributed by atoms with van der Waals surface area (Å²) >= 11 is 0. The van der Waals surface area contributed by atoms with E-state index in [0.29, 0.717) is 19.5 Å². The quantitative estimate of drug-likeness (QED) is 0.759. The number of benzene rings is 1. The van der Waals surface area contributed by atoms with Crippen LogP contribution in [0.25, 0.3) is 0 Å². The first kappa shape index (κ1) is 18.5. The number of ether oxygens (including phenoxy) is 1. The molecule has 0 fully saturated rings. The van der Waals surface area contributed by atoms with E-state index in [4.69, 9.17) is 0 Å². The van der Waals surface area contributed by atoms with Crippen LogP contribution in [0.15, 0.2) is 18.2 Å². The average molecular weight is 313 g/mol. The van der Waals surface area contributed by atoms with E-state index in [1.165, 1.54) is 0 Å². The Bertz CT molecular complexity index is 433. The van der Waals surface area contributed by atoms with Gasteiger partial charge in [-0.05, 0) is 32.1 Å². The molecule has 0 aliphatic carbocycles. The van der Waals surface area contributed by atoms with Crippen molar-refractivity contribution in [2.75, 3.05) is 20.1 Å². The molecule has 0 aromatic heterocycles. The van der Waals surface area contributed by atoms with Gasteiger partial charge in [0.05, 0.1) is 5.56 Å². The molecule has 1 aromatic rings. The summed E-state index contributed by atoms with van der Waals surface area (Å²) in [6, 6.07) is 2.88. The van der Waals surface area contributed by atoms with E-state index >= 15 is 0 Å². The van der Waals surface area contributed by atoms with Gasteiger partial charge in [0, 0.05) is 12.6 Å². The van der Waals surface area contributed by atoms with Crippen LogP contribution in [0.4, 0.5) is 13.2 Å². The molecule has 0 bridgehead atoms. The first-order chi connectivity index (χ1) is 9.04. The van der Waals surface area contributed by atoms with Crippen LogP contribution in [0.2, 0.25) is 0 Å². The number of halogens is 4. The Labute approximate surface area is 121 Å². The minimum Gasteiger partial charge on any atom is -0.434 e. The van der Waals surface area contributed by atoms with Crippen LogP contribution in [0, 0.1) is 5.82 Å². The highest BCUT2D eigenvalue weighted by molar-refractivity contribution is 5.96. The topological polar surface area (TPSA) is 50.4 Å². The van der Waals surface area contributed by atoms with Crippen molar-refractivity contribution in [3.8, 4) is 5.75 Å². The van der Waals surface area contributed by atoms with Gasteiger partial charge >= 0.3 is 6.61 Å². The van der Waals surface area contributed by atoms with Crippen molar-refractivity contribution in [1.29, 1.82) is 0 Å². The van der Waals surface area contributed by atoms with Crippen molar-refractivity contribution in [3.63, 3.8) is 0 Å². The first-order valence-corrected chi connectivity index (χ1v) is 5.71. The summed E-state index contributed by atoms with van der Waals surface area (Å²) in [7, 11) is 1.77. The molecule has 0 aliphatic heterocycles. The van der Waals surface area contributed by atoms with E-state index in [-0.39, 0.29) is 18.0 Å². The van der Waals surface area contributed by atoms with Crippen molar-refractivity contribution in [1.82, 2.24) is 10.6 Å². The Morgan fingerprint density at radius 1 is 1.35 bits per heavy atom. The lowest BCUT2D eigenvalue weighted by molar-refractivity contribution is -0.0503. The van der Waals surface area contributed by atoms with Gasteiger partial charge in [0.25, 0.3) is 5.91 Å². The first-order valence-electron chi connectivity index (χ1n) is 5.71. The summed E-state index contributed by atoms with van der Waals surface area (Å²) < 4.78 is 41.4. The fourth-order valence-electron chi connectivity index (χ4n) is 1.44. The lowest BCUT2D eigenvalue weighted by atomic mass is 10.2. The van der Waals surface area contributed by atoms with Gasteiger partial charge in [0.15, 0.2) is 0 Å². The maximum Gasteiger partial charge on any atom is 0.387 e. The number of hydrogen-bond donors (Lipinski definition) is 2. The Morgan fingerprint density at radius 2 is 2.05 bits per heavy atom. The number of hydrogen-bond acceptors (Lipinski definition) is 3. The lowest BCUT2D eigenvalue weighted by Gasteiger charge is -2.11. The van der Waals surface area contributed by atoms with Crippen molar-refractivity contribution in [3.05, 3.63) is 29.6 Å². The predicted molar refractivity (Wildman–Crippen MR) is 71.2 cm³/mol. The molecule has 0 atom stereocenters. The maximum absolute atomic E-state index is 12.9. The van der Waals surface area contributed by atoms with Crippen LogP contribution in [0.3, 0.4) is 0 Å². The molecule has 0 heterocycles. The van der Waals surface area contributed by atoms with Crippen molar-refractivity contribution < 1.29 is 22.7 Å². The van der Waals surface area contributed by atoms with E-state index in [0.717, 1.165) is 18.2 Å². The Balaban J connectivity index is 0.00000361. The van der Waals surface area contributed by atoms with Gasteiger partial charge in [0.2, 0.25) is 0 Å². The largest absolute Gasteiger partial charge is 0.434 e. The fraction of sp³-hybridized carbons (Fsp3) is 0.417. The highest BCUT2D eigenvalue weighted by Gasteiger charge is 2.16. The van der Waals surface area contributed by atoms with Crippen LogP contribution in [-0.2, 0) is 0 Å². The highest BCUT2D eigenvalue weighted by atomic mass is 35.5. The monoisotopic (exact) mass is 312 g/mol. The molecule has 0 unspecified atom stereocenters. The summed E-state index contributed by atoms with van der Waals surface area (Å²) in [5, 5.41) is 5.44. The van der Waals surface area contributed by atoms with Gasteiger partial charge in [-0.15, -0.1) is 12.4 Å².